The van der Waals surface area contributed by atoms with Crippen LogP contribution in [0.1, 0.15) is 19.7 Å². The molecule has 1 saturated heterocycles. The minimum absolute atomic E-state index is 0.563. The minimum Gasteiger partial charge on any atom is -0.346 e. The molecule has 0 saturated carbocycles. The van der Waals surface area contributed by atoms with Crippen LogP contribution in [0, 0.1) is 0 Å². The standard InChI is InChI=1S/C15H24F3N5O/c1-3-22-5-4-19-13(22)10-21-6-8-23(9-7-21)12(2)14(24)20-11-15(16,17)18/h4-5,12H,3,6-11H2,1-2H3,(H,20,24)/t12-/m1/s1. The fraction of sp³-hybridized carbons (Fsp3) is 0.733. The van der Waals surface area contributed by atoms with Crippen molar-refractivity contribution in [2.45, 2.75) is 39.2 Å². The van der Waals surface area contributed by atoms with Gasteiger partial charge in [0.25, 0.3) is 0 Å². The monoisotopic (exact) mass is 347 g/mol. The van der Waals surface area contributed by atoms with E-state index in [2.05, 4.69) is 21.4 Å². The van der Waals surface area contributed by atoms with Gasteiger partial charge in [0.15, 0.2) is 0 Å². The number of aryl methyl sites for hydroxylation is 1. The van der Waals surface area contributed by atoms with Gasteiger partial charge in [-0.3, -0.25) is 14.6 Å². The molecule has 0 aliphatic carbocycles. The molecule has 1 aromatic heterocycles. The Bertz CT molecular complexity index is 537. The van der Waals surface area contributed by atoms with Gasteiger partial charge in [-0.2, -0.15) is 13.2 Å². The van der Waals surface area contributed by atoms with Crippen molar-refractivity contribution in [3.05, 3.63) is 18.2 Å². The summed E-state index contributed by atoms with van der Waals surface area (Å²) in [5, 5.41) is 1.95. The van der Waals surface area contributed by atoms with Crippen molar-refractivity contribution in [1.82, 2.24) is 24.7 Å². The van der Waals surface area contributed by atoms with Crippen molar-refractivity contribution in [2.75, 3.05) is 32.7 Å². The van der Waals surface area contributed by atoms with Crippen LogP contribution in [0.2, 0.25) is 0 Å². The second-order valence-corrected chi connectivity index (χ2v) is 5.95. The molecule has 2 rings (SSSR count). The quantitative estimate of drug-likeness (QED) is 0.837. The molecule has 24 heavy (non-hydrogen) atoms. The van der Waals surface area contributed by atoms with Crippen LogP contribution in [0.15, 0.2) is 12.4 Å². The summed E-state index contributed by atoms with van der Waals surface area (Å²) in [5.41, 5.74) is 0. The summed E-state index contributed by atoms with van der Waals surface area (Å²) in [5.74, 6) is 0.421. The van der Waals surface area contributed by atoms with Gasteiger partial charge in [-0.25, -0.2) is 4.98 Å². The average Bonchev–Trinajstić information content (AvgIpc) is 2.99. The Kier molecular flexibility index (Phi) is 6.22. The third-order valence-electron chi connectivity index (χ3n) is 4.30. The van der Waals surface area contributed by atoms with Gasteiger partial charge < -0.3 is 9.88 Å². The number of nitrogens with zero attached hydrogens (tertiary/aromatic N) is 4. The van der Waals surface area contributed by atoms with Crippen molar-refractivity contribution in [1.29, 1.82) is 0 Å². The highest BCUT2D eigenvalue weighted by Crippen LogP contribution is 2.13. The van der Waals surface area contributed by atoms with E-state index >= 15 is 0 Å². The molecule has 136 valence electrons. The Hall–Kier alpha value is -1.61. The first-order valence-electron chi connectivity index (χ1n) is 8.11. The van der Waals surface area contributed by atoms with Gasteiger partial charge in [-0.1, -0.05) is 0 Å². The zero-order valence-corrected chi connectivity index (χ0v) is 14.0. The SMILES string of the molecule is CCn1ccnc1CN1CCN([C@H](C)C(=O)NCC(F)(F)F)CC1. The number of alkyl halides is 3. The molecule has 2 heterocycles. The van der Waals surface area contributed by atoms with E-state index in [9.17, 15) is 18.0 Å². The van der Waals surface area contributed by atoms with E-state index in [-0.39, 0.29) is 0 Å². The number of nitrogens with one attached hydrogen (secondary N) is 1. The third-order valence-corrected chi connectivity index (χ3v) is 4.30. The van der Waals surface area contributed by atoms with Crippen LogP contribution in [-0.4, -0.2) is 70.2 Å². The van der Waals surface area contributed by atoms with E-state index < -0.39 is 24.7 Å². The summed E-state index contributed by atoms with van der Waals surface area (Å²) >= 11 is 0. The second kappa shape index (κ2) is 7.98. The number of carbonyl (C=O) groups is 1. The van der Waals surface area contributed by atoms with E-state index in [1.165, 1.54) is 0 Å². The molecule has 1 N–H and O–H groups in total. The summed E-state index contributed by atoms with van der Waals surface area (Å²) in [6.45, 7) is 6.84. The number of aromatic nitrogens is 2. The Balaban J connectivity index is 1.78. The minimum atomic E-state index is -4.38. The molecule has 1 fully saturated rings. The zero-order valence-electron chi connectivity index (χ0n) is 14.0. The van der Waals surface area contributed by atoms with Gasteiger partial charge in [0, 0.05) is 45.1 Å². The Morgan fingerprint density at radius 1 is 1.33 bits per heavy atom. The van der Waals surface area contributed by atoms with Gasteiger partial charge in [0.2, 0.25) is 5.91 Å². The lowest BCUT2D eigenvalue weighted by molar-refractivity contribution is -0.141. The van der Waals surface area contributed by atoms with Crippen molar-refractivity contribution in [3.8, 4) is 0 Å². The summed E-state index contributed by atoms with van der Waals surface area (Å²) in [4.78, 5) is 20.3. The number of carbonyl (C=O) groups excluding carboxylic acids is 1. The smallest absolute Gasteiger partial charge is 0.346 e. The molecular weight excluding hydrogens is 323 g/mol. The predicted octanol–water partition coefficient (Wildman–Crippen LogP) is 1.09. The number of rotatable bonds is 6. The first-order chi connectivity index (χ1) is 11.3. The number of imidazole rings is 1. The number of amides is 1. The largest absolute Gasteiger partial charge is 0.405 e. The predicted molar refractivity (Wildman–Crippen MR) is 83.3 cm³/mol. The number of hydrogen-bond acceptors (Lipinski definition) is 4. The van der Waals surface area contributed by atoms with Crippen LogP contribution in [0.3, 0.4) is 0 Å². The molecule has 1 aromatic rings. The normalized spacial score (nSPS) is 18.5. The summed E-state index contributed by atoms with van der Waals surface area (Å²) in [6.07, 6.45) is -0.657. The third kappa shape index (κ3) is 5.20. The Morgan fingerprint density at radius 2 is 2.00 bits per heavy atom. The van der Waals surface area contributed by atoms with Crippen molar-refractivity contribution in [3.63, 3.8) is 0 Å². The van der Waals surface area contributed by atoms with Crippen LogP contribution in [-0.2, 0) is 17.9 Å². The van der Waals surface area contributed by atoms with Crippen LogP contribution in [0.4, 0.5) is 13.2 Å². The number of hydrogen-bond donors (Lipinski definition) is 1. The maximum Gasteiger partial charge on any atom is 0.405 e. The summed E-state index contributed by atoms with van der Waals surface area (Å²) < 4.78 is 38.6. The van der Waals surface area contributed by atoms with E-state index in [1.807, 2.05) is 16.4 Å². The number of halogens is 3. The van der Waals surface area contributed by atoms with Crippen molar-refractivity contribution >= 4 is 5.91 Å². The van der Waals surface area contributed by atoms with Gasteiger partial charge in [0.1, 0.15) is 12.4 Å². The topological polar surface area (TPSA) is 53.4 Å². The molecule has 9 heteroatoms. The first-order valence-corrected chi connectivity index (χ1v) is 8.11. The van der Waals surface area contributed by atoms with Crippen LogP contribution >= 0.6 is 0 Å². The van der Waals surface area contributed by atoms with Gasteiger partial charge >= 0.3 is 6.18 Å². The van der Waals surface area contributed by atoms with Crippen LogP contribution in [0.25, 0.3) is 0 Å². The first kappa shape index (κ1) is 18.7. The fourth-order valence-electron chi connectivity index (χ4n) is 2.79. The molecule has 0 unspecified atom stereocenters. The molecule has 1 atom stereocenters. The molecule has 0 radical (unpaired) electrons. The lowest BCUT2D eigenvalue weighted by Gasteiger charge is -2.37. The molecule has 1 amide bonds. The lowest BCUT2D eigenvalue weighted by atomic mass is 10.2. The highest BCUT2D eigenvalue weighted by Gasteiger charge is 2.31. The zero-order chi connectivity index (χ0) is 17.7. The molecule has 6 nitrogen and oxygen atoms in total. The summed E-state index contributed by atoms with van der Waals surface area (Å²) in [7, 11) is 0. The van der Waals surface area contributed by atoms with Gasteiger partial charge in [-0.05, 0) is 13.8 Å². The second-order valence-electron chi connectivity index (χ2n) is 5.95. The molecule has 0 aromatic carbocycles. The van der Waals surface area contributed by atoms with E-state index in [1.54, 1.807) is 13.1 Å². The maximum atomic E-state index is 12.2. The molecule has 0 spiro atoms. The lowest BCUT2D eigenvalue weighted by Crippen LogP contribution is -2.54. The Morgan fingerprint density at radius 3 is 2.58 bits per heavy atom. The number of piperazine rings is 1. The van der Waals surface area contributed by atoms with E-state index in [0.29, 0.717) is 13.1 Å². The van der Waals surface area contributed by atoms with Gasteiger partial charge in [0.05, 0.1) is 12.6 Å². The molecule has 0 bridgehead atoms. The Labute approximate surface area is 139 Å². The van der Waals surface area contributed by atoms with Crippen molar-refractivity contribution < 1.29 is 18.0 Å². The van der Waals surface area contributed by atoms with Crippen LogP contribution in [0.5, 0.6) is 0 Å². The molecular formula is C15H24F3N5O. The highest BCUT2D eigenvalue weighted by atomic mass is 19.4. The molecule has 1 aliphatic heterocycles. The van der Waals surface area contributed by atoms with Crippen LogP contribution < -0.4 is 5.32 Å². The fourth-order valence-corrected chi connectivity index (χ4v) is 2.79. The van der Waals surface area contributed by atoms with Gasteiger partial charge in [-0.15, -0.1) is 0 Å². The van der Waals surface area contributed by atoms with E-state index in [4.69, 9.17) is 0 Å². The molecule has 1 aliphatic rings. The summed E-state index contributed by atoms with van der Waals surface area (Å²) in [6, 6.07) is -0.563. The highest BCUT2D eigenvalue weighted by molar-refractivity contribution is 5.81. The average molecular weight is 347 g/mol. The van der Waals surface area contributed by atoms with E-state index in [0.717, 1.165) is 32.0 Å². The van der Waals surface area contributed by atoms with Crippen molar-refractivity contribution in [2.24, 2.45) is 0 Å². The maximum absolute atomic E-state index is 12.2.